The number of fused-ring (bicyclic) bond motifs is 1. The van der Waals surface area contributed by atoms with Crippen molar-refractivity contribution < 1.29 is 70.5 Å². The molecule has 0 aliphatic carbocycles. The molecular weight excluding hydrogens is 297 g/mol. The second kappa shape index (κ2) is 8.00. The smallest absolute Gasteiger partial charge is 0.463 e. The van der Waals surface area contributed by atoms with Gasteiger partial charge in [0.2, 0.25) is 0 Å². The summed E-state index contributed by atoms with van der Waals surface area (Å²) < 4.78 is 4.76. The van der Waals surface area contributed by atoms with Crippen LogP contribution in [0.2, 0.25) is 0 Å². The van der Waals surface area contributed by atoms with Crippen LogP contribution in [0.3, 0.4) is 0 Å². The Kier molecular flexibility index (Phi) is 6.96. The normalized spacial score (nSPS) is 14.9. The maximum Gasteiger partial charge on any atom is 1.00 e. The van der Waals surface area contributed by atoms with E-state index in [0.717, 1.165) is 4.90 Å². The second-order valence-electron chi connectivity index (χ2n) is 4.38. The molecule has 0 saturated heterocycles. The van der Waals surface area contributed by atoms with Crippen LogP contribution in [0, 0.1) is 0 Å². The number of rotatable bonds is 4. The van der Waals surface area contributed by atoms with Crippen molar-refractivity contribution in [3.63, 3.8) is 0 Å². The van der Waals surface area contributed by atoms with Gasteiger partial charge in [-0.05, 0) is 26.0 Å². The van der Waals surface area contributed by atoms with E-state index in [1.54, 1.807) is 38.1 Å². The molecule has 21 heavy (non-hydrogen) atoms. The van der Waals surface area contributed by atoms with Crippen LogP contribution in [0.15, 0.2) is 36.4 Å². The summed E-state index contributed by atoms with van der Waals surface area (Å²) in [6.45, 7) is 3.67. The fourth-order valence-electron chi connectivity index (χ4n) is 2.07. The molecule has 6 heteroatoms. The van der Waals surface area contributed by atoms with Gasteiger partial charge in [0.25, 0.3) is 11.8 Å². The fraction of sp³-hybridized carbons (Fsp3) is 0.267. The summed E-state index contributed by atoms with van der Waals surface area (Å²) in [7, 11) is 0. The van der Waals surface area contributed by atoms with Crippen molar-refractivity contribution in [3.8, 4) is 0 Å². The average molecular weight is 312 g/mol. The van der Waals surface area contributed by atoms with E-state index in [4.69, 9.17) is 4.74 Å². The first-order chi connectivity index (χ1) is 9.56. The Balaban J connectivity index is 0.00000220. The number of esters is 1. The second-order valence-corrected chi connectivity index (χ2v) is 4.38. The summed E-state index contributed by atoms with van der Waals surface area (Å²) in [5.74, 6) is -1.17. The first-order valence-corrected chi connectivity index (χ1v) is 6.38. The van der Waals surface area contributed by atoms with Crippen molar-refractivity contribution in [3.05, 3.63) is 47.5 Å². The third kappa shape index (κ3) is 3.90. The molecule has 2 rings (SSSR count). The molecule has 1 aliphatic heterocycles. The van der Waals surface area contributed by atoms with E-state index in [0.29, 0.717) is 11.1 Å². The van der Waals surface area contributed by atoms with Crippen LogP contribution < -0.4 is 51.4 Å². The summed E-state index contributed by atoms with van der Waals surface area (Å²) in [4.78, 5) is 36.7. The molecular formula is C15H15KNO4+. The largest absolute Gasteiger partial charge is 1.00 e. The predicted molar refractivity (Wildman–Crippen MR) is 72.2 cm³/mol. The van der Waals surface area contributed by atoms with Gasteiger partial charge < -0.3 is 4.74 Å². The van der Waals surface area contributed by atoms with Gasteiger partial charge in [-0.15, -0.1) is 0 Å². The number of nitrogens with zero attached hydrogens (tertiary/aromatic N) is 1. The molecule has 0 spiro atoms. The number of hydrogen-bond donors (Lipinski definition) is 0. The molecule has 2 amide bonds. The van der Waals surface area contributed by atoms with Crippen LogP contribution in [0.25, 0.3) is 0 Å². The standard InChI is InChI=1S/C15H15NO4.K/c1-3-20-13(17)9-8-10(2)16-14(18)11-6-4-5-7-12(11)15(16)19;/h4-10H,3H2,1-2H3;/q;+1/b9-8+;/t10-;/m1./s1. The summed E-state index contributed by atoms with van der Waals surface area (Å²) in [6.07, 6.45) is 2.72. The molecule has 1 heterocycles. The summed E-state index contributed by atoms with van der Waals surface area (Å²) in [5, 5.41) is 0. The minimum Gasteiger partial charge on any atom is -0.463 e. The molecule has 0 saturated carbocycles. The molecule has 0 aromatic heterocycles. The van der Waals surface area contributed by atoms with Gasteiger partial charge in [0.15, 0.2) is 0 Å². The van der Waals surface area contributed by atoms with Gasteiger partial charge in [-0.1, -0.05) is 18.2 Å². The summed E-state index contributed by atoms with van der Waals surface area (Å²) >= 11 is 0. The number of ether oxygens (including phenoxy) is 1. The van der Waals surface area contributed by atoms with Gasteiger partial charge in [0, 0.05) is 6.08 Å². The molecule has 0 radical (unpaired) electrons. The molecule has 0 fully saturated rings. The number of benzene rings is 1. The molecule has 1 aliphatic rings. The zero-order chi connectivity index (χ0) is 14.7. The number of carbonyl (C=O) groups is 3. The molecule has 0 N–H and O–H groups in total. The Hall–Kier alpha value is -0.794. The fourth-order valence-corrected chi connectivity index (χ4v) is 2.07. The van der Waals surface area contributed by atoms with Gasteiger partial charge >= 0.3 is 57.4 Å². The van der Waals surface area contributed by atoms with Gasteiger partial charge in [0.05, 0.1) is 23.8 Å². The summed E-state index contributed by atoms with van der Waals surface area (Å²) in [6, 6.07) is 6.17. The van der Waals surface area contributed by atoms with Gasteiger partial charge in [-0.3, -0.25) is 14.5 Å². The maximum atomic E-state index is 12.2. The molecule has 104 valence electrons. The third-order valence-corrected chi connectivity index (χ3v) is 3.03. The SMILES string of the molecule is CCOC(=O)/C=C/[C@@H](C)N1C(=O)c2ccccc2C1=O.[K+]. The summed E-state index contributed by atoms with van der Waals surface area (Å²) in [5.41, 5.74) is 0.794. The van der Waals surface area contributed by atoms with Gasteiger partial charge in [-0.2, -0.15) is 0 Å². The Morgan fingerprint density at radius 3 is 2.24 bits per heavy atom. The van der Waals surface area contributed by atoms with Crippen LogP contribution in [-0.4, -0.2) is 35.3 Å². The zero-order valence-corrected chi connectivity index (χ0v) is 15.5. The van der Waals surface area contributed by atoms with Crippen molar-refractivity contribution in [1.29, 1.82) is 0 Å². The van der Waals surface area contributed by atoms with E-state index in [1.165, 1.54) is 12.2 Å². The Morgan fingerprint density at radius 1 is 1.24 bits per heavy atom. The van der Waals surface area contributed by atoms with E-state index >= 15 is 0 Å². The van der Waals surface area contributed by atoms with Crippen LogP contribution in [0.5, 0.6) is 0 Å². The van der Waals surface area contributed by atoms with E-state index in [9.17, 15) is 14.4 Å². The van der Waals surface area contributed by atoms with Crippen molar-refractivity contribution in [2.45, 2.75) is 19.9 Å². The number of amides is 2. The molecule has 0 unspecified atom stereocenters. The first-order valence-electron chi connectivity index (χ1n) is 6.38. The average Bonchev–Trinajstić information content (AvgIpc) is 2.69. The molecule has 1 aromatic rings. The van der Waals surface area contributed by atoms with Crippen molar-refractivity contribution in [2.75, 3.05) is 6.61 Å². The monoisotopic (exact) mass is 312 g/mol. The number of carbonyl (C=O) groups excluding carboxylic acids is 3. The van der Waals surface area contributed by atoms with E-state index < -0.39 is 12.0 Å². The van der Waals surface area contributed by atoms with E-state index in [-0.39, 0.29) is 69.8 Å². The molecule has 1 aromatic carbocycles. The predicted octanol–water partition coefficient (Wildman–Crippen LogP) is -1.21. The molecule has 1 atom stereocenters. The van der Waals surface area contributed by atoms with Crippen molar-refractivity contribution in [2.24, 2.45) is 0 Å². The number of imide groups is 1. The van der Waals surface area contributed by atoms with Crippen LogP contribution in [0.4, 0.5) is 0 Å². The minimum atomic E-state index is -0.508. The Morgan fingerprint density at radius 2 is 1.76 bits per heavy atom. The maximum absolute atomic E-state index is 12.2. The molecule has 0 bridgehead atoms. The van der Waals surface area contributed by atoms with Crippen LogP contribution in [0.1, 0.15) is 34.6 Å². The Bertz CT molecular complexity index is 562. The third-order valence-electron chi connectivity index (χ3n) is 3.03. The van der Waals surface area contributed by atoms with E-state index in [1.807, 2.05) is 0 Å². The quantitative estimate of drug-likeness (QED) is 0.303. The van der Waals surface area contributed by atoms with Gasteiger partial charge in [-0.25, -0.2) is 4.79 Å². The van der Waals surface area contributed by atoms with Crippen molar-refractivity contribution >= 4 is 17.8 Å². The molecule has 5 nitrogen and oxygen atoms in total. The Labute approximate surface area is 165 Å². The number of hydrogen-bond acceptors (Lipinski definition) is 4. The topological polar surface area (TPSA) is 63.7 Å². The first kappa shape index (κ1) is 18.3. The van der Waals surface area contributed by atoms with Crippen LogP contribution in [-0.2, 0) is 9.53 Å². The van der Waals surface area contributed by atoms with Gasteiger partial charge in [0.1, 0.15) is 0 Å². The van der Waals surface area contributed by atoms with E-state index in [2.05, 4.69) is 0 Å². The van der Waals surface area contributed by atoms with Crippen LogP contribution >= 0.6 is 0 Å². The van der Waals surface area contributed by atoms with Crippen molar-refractivity contribution in [1.82, 2.24) is 4.90 Å². The zero-order valence-electron chi connectivity index (χ0n) is 12.3. The minimum absolute atomic E-state index is 0.